The molecule has 4 heteroatoms. The molecular formula is C20H26N2OS. The average molecular weight is 343 g/mol. The first kappa shape index (κ1) is 17.2. The van der Waals surface area contributed by atoms with Crippen molar-refractivity contribution < 1.29 is 4.79 Å². The molecule has 128 valence electrons. The summed E-state index contributed by atoms with van der Waals surface area (Å²) in [5.74, 6) is 0.208. The molecule has 2 atom stereocenters. The predicted molar refractivity (Wildman–Crippen MR) is 100 cm³/mol. The van der Waals surface area contributed by atoms with Gasteiger partial charge in [0, 0.05) is 17.5 Å². The third-order valence-corrected chi connectivity index (χ3v) is 6.01. The first-order chi connectivity index (χ1) is 11.6. The van der Waals surface area contributed by atoms with E-state index >= 15 is 0 Å². The molecular weight excluding hydrogens is 316 g/mol. The Kier molecular flexibility index (Phi) is 5.36. The molecule has 1 aliphatic heterocycles. The molecule has 0 saturated carbocycles. The topological polar surface area (TPSA) is 32.3 Å². The van der Waals surface area contributed by atoms with Crippen molar-refractivity contribution in [3.8, 4) is 0 Å². The molecule has 0 saturated heterocycles. The van der Waals surface area contributed by atoms with Crippen LogP contribution in [0.25, 0.3) is 0 Å². The Morgan fingerprint density at radius 2 is 2.17 bits per heavy atom. The number of aryl methyl sites for hydroxylation is 1. The van der Waals surface area contributed by atoms with Crippen LogP contribution in [0.3, 0.4) is 0 Å². The maximum absolute atomic E-state index is 12.8. The molecule has 1 N–H and O–H groups in total. The molecule has 2 aromatic rings. The quantitative estimate of drug-likeness (QED) is 0.881. The first-order valence-corrected chi connectivity index (χ1v) is 9.64. The molecule has 0 bridgehead atoms. The molecule has 0 radical (unpaired) electrons. The number of amides is 1. The van der Waals surface area contributed by atoms with Gasteiger partial charge in [-0.05, 0) is 54.8 Å². The smallest absolute Gasteiger partial charge is 0.237 e. The Labute approximate surface area is 148 Å². The van der Waals surface area contributed by atoms with E-state index in [-0.39, 0.29) is 18.0 Å². The summed E-state index contributed by atoms with van der Waals surface area (Å²) >= 11 is 1.82. The van der Waals surface area contributed by atoms with Crippen molar-refractivity contribution in [3.05, 3.63) is 57.3 Å². The molecule has 3 rings (SSSR count). The van der Waals surface area contributed by atoms with Crippen molar-refractivity contribution in [1.82, 2.24) is 10.2 Å². The third kappa shape index (κ3) is 3.40. The Morgan fingerprint density at radius 3 is 2.92 bits per heavy atom. The molecule has 2 unspecified atom stereocenters. The summed E-state index contributed by atoms with van der Waals surface area (Å²) < 4.78 is 0. The van der Waals surface area contributed by atoms with Crippen LogP contribution in [0.15, 0.2) is 35.7 Å². The highest BCUT2D eigenvalue weighted by Crippen LogP contribution is 2.35. The molecule has 2 heterocycles. The van der Waals surface area contributed by atoms with Gasteiger partial charge in [0.05, 0.1) is 12.6 Å². The van der Waals surface area contributed by atoms with Gasteiger partial charge in [0.15, 0.2) is 0 Å². The number of fused-ring (bicyclic) bond motifs is 1. The molecule has 1 aromatic carbocycles. The highest BCUT2D eigenvalue weighted by Gasteiger charge is 2.30. The highest BCUT2D eigenvalue weighted by atomic mass is 32.1. The monoisotopic (exact) mass is 342 g/mol. The van der Waals surface area contributed by atoms with E-state index in [0.29, 0.717) is 6.54 Å². The van der Waals surface area contributed by atoms with Gasteiger partial charge in [-0.15, -0.1) is 11.3 Å². The normalized spacial score (nSPS) is 18.3. The third-order valence-electron chi connectivity index (χ3n) is 5.02. The molecule has 1 aromatic heterocycles. The summed E-state index contributed by atoms with van der Waals surface area (Å²) in [6.07, 6.45) is 1.96. The van der Waals surface area contributed by atoms with Gasteiger partial charge in [-0.1, -0.05) is 31.2 Å². The minimum atomic E-state index is 0.178. The average Bonchev–Trinajstić information content (AvgIpc) is 3.07. The van der Waals surface area contributed by atoms with Gasteiger partial charge < -0.3 is 10.2 Å². The van der Waals surface area contributed by atoms with Crippen LogP contribution in [-0.4, -0.2) is 23.9 Å². The first-order valence-electron chi connectivity index (χ1n) is 8.76. The minimum absolute atomic E-state index is 0.178. The van der Waals surface area contributed by atoms with Crippen LogP contribution in [0.5, 0.6) is 0 Å². The van der Waals surface area contributed by atoms with Gasteiger partial charge in [-0.2, -0.15) is 0 Å². The number of carbonyl (C=O) groups excluding carboxylic acids is 1. The van der Waals surface area contributed by atoms with Gasteiger partial charge in [0.2, 0.25) is 5.91 Å². The zero-order chi connectivity index (χ0) is 17.1. The summed E-state index contributed by atoms with van der Waals surface area (Å²) in [4.78, 5) is 16.3. The zero-order valence-electron chi connectivity index (χ0n) is 14.7. The zero-order valence-corrected chi connectivity index (χ0v) is 15.5. The van der Waals surface area contributed by atoms with Gasteiger partial charge in [0.1, 0.15) is 0 Å². The Hall–Kier alpha value is -1.65. The van der Waals surface area contributed by atoms with Crippen molar-refractivity contribution in [1.29, 1.82) is 0 Å². The molecule has 0 aliphatic carbocycles. The number of benzene rings is 1. The fourth-order valence-electron chi connectivity index (χ4n) is 3.66. The van der Waals surface area contributed by atoms with E-state index in [1.165, 1.54) is 21.6 Å². The van der Waals surface area contributed by atoms with Crippen LogP contribution < -0.4 is 5.32 Å². The fraction of sp³-hybridized carbons (Fsp3) is 0.450. The number of nitrogens with zero attached hydrogens (tertiary/aromatic N) is 1. The number of nitrogens with one attached hydrogen (secondary N) is 1. The summed E-state index contributed by atoms with van der Waals surface area (Å²) in [5, 5.41) is 5.56. The van der Waals surface area contributed by atoms with Gasteiger partial charge in [0.25, 0.3) is 0 Å². The fourth-order valence-corrected chi connectivity index (χ4v) is 4.59. The molecule has 1 amide bonds. The maximum Gasteiger partial charge on any atom is 0.237 e. The van der Waals surface area contributed by atoms with Crippen molar-refractivity contribution in [2.75, 3.05) is 13.1 Å². The van der Waals surface area contributed by atoms with E-state index in [2.05, 4.69) is 66.7 Å². The maximum atomic E-state index is 12.8. The van der Waals surface area contributed by atoms with Crippen molar-refractivity contribution in [3.63, 3.8) is 0 Å². The Balaban J connectivity index is 1.64. The van der Waals surface area contributed by atoms with E-state index < -0.39 is 0 Å². The van der Waals surface area contributed by atoms with Gasteiger partial charge in [-0.25, -0.2) is 0 Å². The lowest BCUT2D eigenvalue weighted by Gasteiger charge is -2.36. The second kappa shape index (κ2) is 7.49. The van der Waals surface area contributed by atoms with E-state index in [4.69, 9.17) is 0 Å². The summed E-state index contributed by atoms with van der Waals surface area (Å²) in [6, 6.07) is 11.0. The van der Waals surface area contributed by atoms with E-state index in [1.54, 1.807) is 0 Å². The van der Waals surface area contributed by atoms with Crippen molar-refractivity contribution >= 4 is 17.2 Å². The van der Waals surface area contributed by atoms with E-state index in [0.717, 1.165) is 19.4 Å². The molecule has 0 fully saturated rings. The standard InChI is InChI=1S/C20H26N2OS/c1-4-18-17-10-12-24-19(17)9-11-22(18)20(23)13-21-15(3)16-8-6-5-7-14(16)2/h5-8,10,12,15,18,21H,4,9,11,13H2,1-3H3. The second-order valence-electron chi connectivity index (χ2n) is 6.52. The van der Waals surface area contributed by atoms with E-state index in [1.807, 2.05) is 11.3 Å². The minimum Gasteiger partial charge on any atom is -0.334 e. The van der Waals surface area contributed by atoms with Crippen molar-refractivity contribution in [2.24, 2.45) is 0 Å². The van der Waals surface area contributed by atoms with Crippen LogP contribution in [0.4, 0.5) is 0 Å². The highest BCUT2D eigenvalue weighted by molar-refractivity contribution is 7.10. The number of thiophene rings is 1. The van der Waals surface area contributed by atoms with Crippen LogP contribution in [0, 0.1) is 6.92 Å². The molecule has 1 aliphatic rings. The summed E-state index contributed by atoms with van der Waals surface area (Å²) in [7, 11) is 0. The molecule has 3 nitrogen and oxygen atoms in total. The lowest BCUT2D eigenvalue weighted by Crippen LogP contribution is -2.44. The van der Waals surface area contributed by atoms with Gasteiger partial charge >= 0.3 is 0 Å². The van der Waals surface area contributed by atoms with Crippen LogP contribution in [-0.2, 0) is 11.2 Å². The molecule has 24 heavy (non-hydrogen) atoms. The largest absolute Gasteiger partial charge is 0.334 e. The summed E-state index contributed by atoms with van der Waals surface area (Å²) in [6.45, 7) is 7.64. The SMILES string of the molecule is CCC1c2ccsc2CCN1C(=O)CNC(C)c1ccccc1C. The second-order valence-corrected chi connectivity index (χ2v) is 7.52. The van der Waals surface area contributed by atoms with Crippen LogP contribution >= 0.6 is 11.3 Å². The lowest BCUT2D eigenvalue weighted by atomic mass is 9.97. The molecule has 0 spiro atoms. The van der Waals surface area contributed by atoms with Gasteiger partial charge in [-0.3, -0.25) is 4.79 Å². The Bertz CT molecular complexity index is 709. The van der Waals surface area contributed by atoms with E-state index in [9.17, 15) is 4.79 Å². The van der Waals surface area contributed by atoms with Crippen molar-refractivity contribution in [2.45, 2.75) is 45.7 Å². The Morgan fingerprint density at radius 1 is 1.38 bits per heavy atom. The summed E-state index contributed by atoms with van der Waals surface area (Å²) in [5.41, 5.74) is 3.88. The number of carbonyl (C=O) groups is 1. The number of rotatable bonds is 5. The number of hydrogen-bond donors (Lipinski definition) is 1. The van der Waals surface area contributed by atoms with Crippen LogP contribution in [0.1, 0.15) is 53.9 Å². The number of hydrogen-bond acceptors (Lipinski definition) is 3. The predicted octanol–water partition coefficient (Wildman–Crippen LogP) is 4.24. The van der Waals surface area contributed by atoms with Crippen LogP contribution in [0.2, 0.25) is 0 Å². The lowest BCUT2D eigenvalue weighted by molar-refractivity contribution is -0.133.